The van der Waals surface area contributed by atoms with Crippen molar-refractivity contribution in [2.45, 2.75) is 68.2 Å². The molecule has 3 aliphatic rings. The molecule has 5 rings (SSSR count). The summed E-state index contributed by atoms with van der Waals surface area (Å²) in [5, 5.41) is 6.64. The predicted octanol–water partition coefficient (Wildman–Crippen LogP) is 1.47. The zero-order valence-electron chi connectivity index (χ0n) is 22.9. The number of rotatable bonds is 2. The van der Waals surface area contributed by atoms with Gasteiger partial charge in [-0.2, -0.15) is 0 Å². The van der Waals surface area contributed by atoms with Crippen molar-refractivity contribution in [1.82, 2.24) is 0 Å². The van der Waals surface area contributed by atoms with Crippen LogP contribution < -0.4 is 35.2 Å². The first-order chi connectivity index (χ1) is 16.0. The largest absolute Gasteiger partial charge is 1.00 e. The number of fused-ring (bicyclic) bond motifs is 2. The van der Waals surface area contributed by atoms with Gasteiger partial charge in [0.05, 0.1) is 0 Å². The minimum atomic E-state index is -2.49. The van der Waals surface area contributed by atoms with E-state index < -0.39 is 31.0 Å². The Bertz CT molecular complexity index is 1180. The minimum Gasteiger partial charge on any atom is -1.00 e. The second-order valence-electron chi connectivity index (χ2n) is 12.4. The van der Waals surface area contributed by atoms with Crippen molar-refractivity contribution >= 4 is 18.4 Å². The molecular formula is C32H38Cl2HfSi. The van der Waals surface area contributed by atoms with Crippen LogP contribution in [0.15, 0.2) is 100 Å². The van der Waals surface area contributed by atoms with Gasteiger partial charge in [0.25, 0.3) is 0 Å². The van der Waals surface area contributed by atoms with Crippen molar-refractivity contribution < 1.29 is 47.7 Å². The Kier molecular flexibility index (Phi) is 8.49. The van der Waals surface area contributed by atoms with Crippen LogP contribution in [0.2, 0.25) is 0 Å². The second kappa shape index (κ2) is 10.3. The maximum Gasteiger partial charge on any atom is -1.00 e. The normalized spacial score (nSPS) is 18.8. The van der Waals surface area contributed by atoms with Gasteiger partial charge in [-0.3, -0.25) is 0 Å². The molecule has 188 valence electrons. The molecule has 0 radical (unpaired) electrons. The van der Waals surface area contributed by atoms with Crippen LogP contribution >= 0.6 is 0 Å². The van der Waals surface area contributed by atoms with Gasteiger partial charge < -0.3 is 24.8 Å². The summed E-state index contributed by atoms with van der Waals surface area (Å²) >= 11 is -1.05. The Morgan fingerprint density at radius 2 is 0.917 bits per heavy atom. The van der Waals surface area contributed by atoms with E-state index in [-0.39, 0.29) is 35.6 Å². The number of allylic oxidation sites excluding steroid dienone is 8. The first-order valence-corrected chi connectivity index (χ1v) is 18.3. The first-order valence-electron chi connectivity index (χ1n) is 12.7. The zero-order valence-corrected chi connectivity index (χ0v) is 29.0. The third-order valence-electron chi connectivity index (χ3n) is 8.24. The van der Waals surface area contributed by atoms with E-state index in [4.69, 9.17) is 0 Å². The fourth-order valence-electron chi connectivity index (χ4n) is 6.55. The van der Waals surface area contributed by atoms with E-state index in [0.29, 0.717) is 0 Å². The van der Waals surface area contributed by atoms with Gasteiger partial charge in [0.1, 0.15) is 0 Å². The number of hydrogen-bond donors (Lipinski definition) is 0. The quantitative estimate of drug-likeness (QED) is 0.417. The van der Waals surface area contributed by atoms with E-state index in [1.165, 1.54) is 12.8 Å². The van der Waals surface area contributed by atoms with Crippen molar-refractivity contribution in [3.05, 3.63) is 100 Å². The number of halogens is 2. The third kappa shape index (κ3) is 4.49. The van der Waals surface area contributed by atoms with Gasteiger partial charge in [-0.15, -0.1) is 0 Å². The van der Waals surface area contributed by atoms with E-state index in [9.17, 15) is 0 Å². The molecule has 36 heavy (non-hydrogen) atoms. The molecule has 0 amide bonds. The van der Waals surface area contributed by atoms with Gasteiger partial charge in [-0.25, -0.2) is 0 Å². The molecule has 0 saturated carbocycles. The summed E-state index contributed by atoms with van der Waals surface area (Å²) in [4.78, 5) is 0. The topological polar surface area (TPSA) is 0 Å². The third-order valence-corrected chi connectivity index (χ3v) is 19.6. The van der Waals surface area contributed by atoms with Crippen LogP contribution in [0.3, 0.4) is 0 Å². The molecule has 0 N–H and O–H groups in total. The molecule has 4 bridgehead atoms. The van der Waals surface area contributed by atoms with Gasteiger partial charge >= 0.3 is 220 Å². The Morgan fingerprint density at radius 3 is 1.22 bits per heavy atom. The number of hydrogen-bond acceptors (Lipinski definition) is 0. The molecule has 0 fully saturated rings. The van der Waals surface area contributed by atoms with Crippen LogP contribution in [0.5, 0.6) is 0 Å². The Morgan fingerprint density at radius 1 is 0.583 bits per heavy atom. The van der Waals surface area contributed by atoms with Crippen molar-refractivity contribution in [2.75, 3.05) is 0 Å². The molecule has 2 aromatic carbocycles. The van der Waals surface area contributed by atoms with Crippen molar-refractivity contribution in [3.8, 4) is 0 Å². The zero-order chi connectivity index (χ0) is 24.5. The van der Waals surface area contributed by atoms with Gasteiger partial charge in [0.2, 0.25) is 0 Å². The molecule has 1 heterocycles. The summed E-state index contributed by atoms with van der Waals surface area (Å²) in [5.74, 6) is 0. The Hall–Kier alpha value is -0.933. The van der Waals surface area contributed by atoms with E-state index in [1.807, 2.05) is 6.66 Å². The Labute approximate surface area is 243 Å². The van der Waals surface area contributed by atoms with Crippen molar-refractivity contribution in [2.24, 2.45) is 10.8 Å². The smallest absolute Gasteiger partial charge is 1.00 e. The molecule has 0 spiro atoms. The summed E-state index contributed by atoms with van der Waals surface area (Å²) in [6.45, 7) is 19.8. The molecular weight excluding hydrogens is 662 g/mol. The molecule has 0 aromatic heterocycles. The van der Waals surface area contributed by atoms with E-state index in [2.05, 4.69) is 116 Å². The van der Waals surface area contributed by atoms with Crippen LogP contribution in [0.1, 0.15) is 68.2 Å². The maximum atomic E-state index is 2.50. The summed E-state index contributed by atoms with van der Waals surface area (Å²) in [6.07, 6.45) is 2.47. The van der Waals surface area contributed by atoms with Crippen LogP contribution in [0.25, 0.3) is 0 Å². The number of benzene rings is 2. The minimum absolute atomic E-state index is 0. The van der Waals surface area contributed by atoms with Gasteiger partial charge in [-0.1, -0.05) is 0 Å². The molecule has 2 aliphatic carbocycles. The van der Waals surface area contributed by atoms with Gasteiger partial charge in [-0.05, 0) is 0 Å². The summed E-state index contributed by atoms with van der Waals surface area (Å²) < 4.78 is 3.74. The van der Waals surface area contributed by atoms with E-state index in [0.717, 1.165) is 0 Å². The SMILES string of the molecule is CC1=[C]2CC(C(C)(C)C)=C1[Si](c1ccccc1)(c1ccccc1)C1=C(C(C)(C)C)C[C](=C1C)[Hf+2]2.[Cl-].[Cl-]. The fourth-order valence-corrected chi connectivity index (χ4v) is 19.3. The maximum absolute atomic E-state index is 2.50. The first kappa shape index (κ1) is 29.6. The van der Waals surface area contributed by atoms with Crippen LogP contribution in [0.4, 0.5) is 0 Å². The van der Waals surface area contributed by atoms with Crippen LogP contribution in [-0.4, -0.2) is 8.07 Å². The summed E-state index contributed by atoms with van der Waals surface area (Å²) in [6, 6.07) is 23.3. The monoisotopic (exact) mass is 700 g/mol. The average molecular weight is 700 g/mol. The molecule has 0 atom stereocenters. The van der Waals surface area contributed by atoms with Crippen molar-refractivity contribution in [1.29, 1.82) is 0 Å². The van der Waals surface area contributed by atoms with Gasteiger partial charge in [0, 0.05) is 0 Å². The van der Waals surface area contributed by atoms with Crippen LogP contribution in [-0.2, 0) is 22.9 Å². The summed E-state index contributed by atoms with van der Waals surface area (Å²) in [7, 11) is -2.49. The predicted molar refractivity (Wildman–Crippen MR) is 146 cm³/mol. The molecule has 0 nitrogen and oxygen atoms in total. The second-order valence-corrected chi connectivity index (χ2v) is 21.3. The van der Waals surface area contributed by atoms with Crippen LogP contribution in [0, 0.1) is 10.8 Å². The molecule has 0 unspecified atom stereocenters. The standard InChI is InChI=1S/C32H38Si.2ClH.Hf/c1-23-19-21-27(31(3,4)5)29(23)33(25-15-11-9-12-16-25,26-17-13-10-14-18-26)30-24(2)20-22-28(30)32(6,7)8;;;/h9-18H,21-22H2,1-8H3;2*1H;/q;;;+2/p-2. The average Bonchev–Trinajstić information content (AvgIpc) is 3.32. The molecule has 4 heteroatoms. The molecule has 1 aliphatic heterocycles. The fraction of sp³-hybridized carbons (Fsp3) is 0.375. The Balaban J connectivity index is 0.00000180. The van der Waals surface area contributed by atoms with E-state index >= 15 is 0 Å². The van der Waals surface area contributed by atoms with Gasteiger partial charge in [0.15, 0.2) is 0 Å². The molecule has 2 aromatic rings. The summed E-state index contributed by atoms with van der Waals surface area (Å²) in [5.41, 5.74) is 7.18. The van der Waals surface area contributed by atoms with Crippen molar-refractivity contribution in [3.63, 3.8) is 0 Å². The molecule has 0 saturated heterocycles. The van der Waals surface area contributed by atoms with E-state index in [1.54, 1.807) is 43.1 Å².